The van der Waals surface area contributed by atoms with Gasteiger partial charge in [-0.25, -0.2) is 4.99 Å². The molecular formula is C21H25N3S2. The topological polar surface area (TPSA) is 27.6 Å². The summed E-state index contributed by atoms with van der Waals surface area (Å²) in [4.78, 5) is 8.28. The highest BCUT2D eigenvalue weighted by molar-refractivity contribution is 8.15. The Kier molecular flexibility index (Phi) is 6.69. The van der Waals surface area contributed by atoms with Crippen LogP contribution in [-0.2, 0) is 6.42 Å². The molecule has 2 aromatic carbocycles. The van der Waals surface area contributed by atoms with E-state index in [-0.39, 0.29) is 0 Å². The molecule has 0 amide bonds. The first-order valence-corrected chi connectivity index (χ1v) is 10.7. The maximum absolute atomic E-state index is 4.75. The van der Waals surface area contributed by atoms with Crippen LogP contribution in [-0.4, -0.2) is 29.0 Å². The van der Waals surface area contributed by atoms with E-state index in [1.165, 1.54) is 16.0 Å². The largest absolute Gasteiger partial charge is 0.380 e. The molecule has 0 unspecified atom stereocenters. The molecular weight excluding hydrogens is 358 g/mol. The molecule has 0 aliphatic carbocycles. The Morgan fingerprint density at radius 2 is 2.12 bits per heavy atom. The fourth-order valence-corrected chi connectivity index (χ4v) is 4.35. The van der Waals surface area contributed by atoms with Crippen LogP contribution >= 0.6 is 23.5 Å². The molecule has 1 heterocycles. The summed E-state index contributed by atoms with van der Waals surface area (Å²) in [6.07, 6.45) is 0.955. The SMILES string of the molecule is C=C(NCCc1cccc(N=C2SCN2CC)c1)Sc1ccccc1C. The first-order valence-electron chi connectivity index (χ1n) is 8.87. The molecule has 1 aliphatic heterocycles. The van der Waals surface area contributed by atoms with Crippen molar-refractivity contribution in [3.8, 4) is 0 Å². The second-order valence-corrected chi connectivity index (χ2v) is 8.21. The van der Waals surface area contributed by atoms with Crippen molar-refractivity contribution in [1.29, 1.82) is 0 Å². The van der Waals surface area contributed by atoms with Gasteiger partial charge in [-0.1, -0.05) is 60.4 Å². The lowest BCUT2D eigenvalue weighted by Crippen LogP contribution is -2.37. The van der Waals surface area contributed by atoms with Crippen molar-refractivity contribution in [2.45, 2.75) is 25.2 Å². The van der Waals surface area contributed by atoms with E-state index in [2.05, 4.69) is 79.2 Å². The Hall–Kier alpha value is -1.85. The van der Waals surface area contributed by atoms with Gasteiger partial charge in [0.1, 0.15) is 0 Å². The molecule has 2 aromatic rings. The van der Waals surface area contributed by atoms with E-state index in [9.17, 15) is 0 Å². The predicted molar refractivity (Wildman–Crippen MR) is 116 cm³/mol. The van der Waals surface area contributed by atoms with E-state index in [1.54, 1.807) is 11.8 Å². The van der Waals surface area contributed by atoms with Gasteiger partial charge in [0.25, 0.3) is 0 Å². The van der Waals surface area contributed by atoms with E-state index in [1.807, 2.05) is 11.8 Å². The molecule has 1 N–H and O–H groups in total. The average Bonchev–Trinajstić information content (AvgIpc) is 2.62. The molecule has 0 aromatic heterocycles. The third kappa shape index (κ3) is 5.08. The van der Waals surface area contributed by atoms with E-state index < -0.39 is 0 Å². The summed E-state index contributed by atoms with van der Waals surface area (Å²) in [6.45, 7) is 10.3. The number of amidine groups is 1. The molecule has 3 rings (SSSR count). The Bertz CT molecular complexity index is 799. The molecule has 0 saturated carbocycles. The number of thioether (sulfide) groups is 2. The number of aliphatic imine (C=N–C) groups is 1. The summed E-state index contributed by atoms with van der Waals surface area (Å²) < 4.78 is 0. The van der Waals surface area contributed by atoms with Crippen molar-refractivity contribution in [2.75, 3.05) is 19.0 Å². The summed E-state index contributed by atoms with van der Waals surface area (Å²) in [7, 11) is 0. The normalized spacial score (nSPS) is 15.0. The van der Waals surface area contributed by atoms with Crippen LogP contribution in [0.5, 0.6) is 0 Å². The molecule has 5 heteroatoms. The van der Waals surface area contributed by atoms with Crippen molar-refractivity contribution < 1.29 is 0 Å². The quantitative estimate of drug-likeness (QED) is 0.617. The highest BCUT2D eigenvalue weighted by Crippen LogP contribution is 2.27. The molecule has 1 aliphatic rings. The summed E-state index contributed by atoms with van der Waals surface area (Å²) in [6, 6.07) is 16.9. The van der Waals surface area contributed by atoms with Crippen LogP contribution in [0.3, 0.4) is 0 Å². The molecule has 0 spiro atoms. The molecule has 3 nitrogen and oxygen atoms in total. The smallest absolute Gasteiger partial charge is 0.166 e. The van der Waals surface area contributed by atoms with Crippen LogP contribution in [0, 0.1) is 6.92 Å². The minimum Gasteiger partial charge on any atom is -0.380 e. The number of benzene rings is 2. The summed E-state index contributed by atoms with van der Waals surface area (Å²) in [5.74, 6) is 1.06. The van der Waals surface area contributed by atoms with Gasteiger partial charge in [0.2, 0.25) is 0 Å². The monoisotopic (exact) mass is 383 g/mol. The van der Waals surface area contributed by atoms with Crippen molar-refractivity contribution in [3.63, 3.8) is 0 Å². The lowest BCUT2D eigenvalue weighted by molar-refractivity contribution is 0.509. The van der Waals surface area contributed by atoms with Gasteiger partial charge in [0, 0.05) is 18.0 Å². The number of hydrogen-bond acceptors (Lipinski definition) is 4. The van der Waals surface area contributed by atoms with Gasteiger partial charge in [-0.15, -0.1) is 0 Å². The molecule has 26 heavy (non-hydrogen) atoms. The maximum atomic E-state index is 4.75. The second-order valence-electron chi connectivity index (χ2n) is 6.16. The lowest BCUT2D eigenvalue weighted by Gasteiger charge is -2.32. The van der Waals surface area contributed by atoms with Crippen LogP contribution in [0.2, 0.25) is 0 Å². The predicted octanol–water partition coefficient (Wildman–Crippen LogP) is 5.40. The number of nitrogens with one attached hydrogen (secondary N) is 1. The Morgan fingerprint density at radius 1 is 1.27 bits per heavy atom. The maximum Gasteiger partial charge on any atom is 0.166 e. The minimum absolute atomic E-state index is 0.869. The Morgan fingerprint density at radius 3 is 2.85 bits per heavy atom. The number of rotatable bonds is 8. The molecule has 136 valence electrons. The first kappa shape index (κ1) is 18.9. The van der Waals surface area contributed by atoms with Crippen molar-refractivity contribution in [1.82, 2.24) is 10.2 Å². The van der Waals surface area contributed by atoms with E-state index >= 15 is 0 Å². The van der Waals surface area contributed by atoms with Gasteiger partial charge in [0.15, 0.2) is 5.17 Å². The number of hydrogen-bond donors (Lipinski definition) is 1. The zero-order chi connectivity index (χ0) is 18.4. The van der Waals surface area contributed by atoms with Gasteiger partial charge >= 0.3 is 0 Å². The van der Waals surface area contributed by atoms with Gasteiger partial charge in [-0.05, 0) is 49.6 Å². The highest BCUT2D eigenvalue weighted by Gasteiger charge is 2.20. The lowest BCUT2D eigenvalue weighted by atomic mass is 10.1. The molecule has 0 bridgehead atoms. The summed E-state index contributed by atoms with van der Waals surface area (Å²) >= 11 is 3.51. The zero-order valence-electron chi connectivity index (χ0n) is 15.4. The fourth-order valence-electron chi connectivity index (χ4n) is 2.62. The summed E-state index contributed by atoms with van der Waals surface area (Å²) in [5.41, 5.74) is 3.61. The molecule has 1 saturated heterocycles. The van der Waals surface area contributed by atoms with Gasteiger partial charge in [-0.2, -0.15) is 0 Å². The molecule has 1 fully saturated rings. The van der Waals surface area contributed by atoms with Gasteiger partial charge < -0.3 is 10.2 Å². The van der Waals surface area contributed by atoms with Crippen molar-refractivity contribution in [3.05, 3.63) is 71.3 Å². The van der Waals surface area contributed by atoms with Gasteiger partial charge in [-0.3, -0.25) is 0 Å². The van der Waals surface area contributed by atoms with E-state index in [0.717, 1.165) is 41.3 Å². The second kappa shape index (κ2) is 9.19. The molecule has 0 radical (unpaired) electrons. The number of nitrogens with zero attached hydrogens (tertiary/aromatic N) is 2. The van der Waals surface area contributed by atoms with Crippen LogP contribution in [0.1, 0.15) is 18.1 Å². The van der Waals surface area contributed by atoms with E-state index in [0.29, 0.717) is 0 Å². The van der Waals surface area contributed by atoms with Crippen molar-refractivity contribution >= 4 is 34.4 Å². The van der Waals surface area contributed by atoms with Crippen LogP contribution in [0.4, 0.5) is 5.69 Å². The van der Waals surface area contributed by atoms with Crippen molar-refractivity contribution in [2.24, 2.45) is 4.99 Å². The summed E-state index contributed by atoms with van der Waals surface area (Å²) in [5, 5.41) is 5.54. The van der Waals surface area contributed by atoms with Crippen LogP contribution < -0.4 is 5.32 Å². The minimum atomic E-state index is 0.869. The zero-order valence-corrected chi connectivity index (χ0v) is 17.0. The third-order valence-electron chi connectivity index (χ3n) is 4.20. The fraction of sp³-hybridized carbons (Fsp3) is 0.286. The Labute approximate surface area is 165 Å². The average molecular weight is 384 g/mol. The van der Waals surface area contributed by atoms with Crippen LogP contribution in [0.15, 0.2) is 70.0 Å². The van der Waals surface area contributed by atoms with Gasteiger partial charge in [0.05, 0.1) is 16.6 Å². The standard InChI is InChI=1S/C21H25N3S2/c1-4-24-15-25-21(24)23-19-10-7-9-18(14-19)12-13-22-17(3)26-20-11-6-5-8-16(20)2/h5-11,14,22H,3-4,12-13,15H2,1-2H3. The van der Waals surface area contributed by atoms with E-state index in [4.69, 9.17) is 4.99 Å². The molecule has 0 atom stereocenters. The van der Waals surface area contributed by atoms with Crippen LogP contribution in [0.25, 0.3) is 0 Å². The highest BCUT2D eigenvalue weighted by atomic mass is 32.2. The third-order valence-corrected chi connectivity index (χ3v) is 6.32. The first-order chi connectivity index (χ1) is 12.7. The Balaban J connectivity index is 1.50. The number of aryl methyl sites for hydroxylation is 1.